The molecule has 0 saturated carbocycles. The van der Waals surface area contributed by atoms with Crippen LogP contribution >= 0.6 is 0 Å². The van der Waals surface area contributed by atoms with Crippen LogP contribution in [0.4, 0.5) is 0 Å². The molecule has 0 radical (unpaired) electrons. The van der Waals surface area contributed by atoms with Crippen molar-refractivity contribution in [3.8, 4) is 0 Å². The lowest BCUT2D eigenvalue weighted by atomic mass is 9.81. The minimum absolute atomic E-state index is 0.428. The van der Waals surface area contributed by atoms with Gasteiger partial charge in [-0.25, -0.2) is 4.98 Å². The van der Waals surface area contributed by atoms with Gasteiger partial charge >= 0.3 is 0 Å². The molecule has 3 heterocycles. The van der Waals surface area contributed by atoms with Crippen LogP contribution in [0.2, 0.25) is 0 Å². The molecule has 2 N–H and O–H groups in total. The molecule has 0 amide bonds. The van der Waals surface area contributed by atoms with E-state index in [1.165, 1.54) is 32.1 Å². The molecule has 2 saturated heterocycles. The Labute approximate surface area is 109 Å². The number of aromatic nitrogens is 2. The third-order valence-corrected chi connectivity index (χ3v) is 4.61. The molecule has 3 atom stereocenters. The van der Waals surface area contributed by atoms with Crippen molar-refractivity contribution < 1.29 is 0 Å². The first kappa shape index (κ1) is 12.2. The number of imidazole rings is 1. The summed E-state index contributed by atoms with van der Waals surface area (Å²) in [4.78, 5) is 6.87. The van der Waals surface area contributed by atoms with Crippen LogP contribution in [0.1, 0.15) is 39.0 Å². The highest BCUT2D eigenvalue weighted by Gasteiger charge is 2.39. The van der Waals surface area contributed by atoms with Crippen LogP contribution < -0.4 is 5.73 Å². The van der Waals surface area contributed by atoms with Gasteiger partial charge in [0.2, 0.25) is 0 Å². The molecule has 1 aromatic heterocycles. The fraction of sp³-hybridized carbons (Fsp3) is 0.786. The monoisotopic (exact) mass is 248 g/mol. The first-order valence-electron chi connectivity index (χ1n) is 7.23. The Kier molecular flexibility index (Phi) is 3.39. The van der Waals surface area contributed by atoms with Gasteiger partial charge in [-0.2, -0.15) is 0 Å². The van der Waals surface area contributed by atoms with Crippen LogP contribution in [0.15, 0.2) is 18.7 Å². The molecule has 2 aliphatic heterocycles. The number of nitrogens with zero attached hydrogens (tertiary/aromatic N) is 3. The molecular weight excluding hydrogens is 224 g/mol. The lowest BCUT2D eigenvalue weighted by molar-refractivity contribution is -0.00474. The molecule has 3 unspecified atom stereocenters. The molecule has 2 fully saturated rings. The molecule has 18 heavy (non-hydrogen) atoms. The third-order valence-electron chi connectivity index (χ3n) is 4.61. The summed E-state index contributed by atoms with van der Waals surface area (Å²) in [6, 6.07) is 2.44. The molecule has 4 heteroatoms. The van der Waals surface area contributed by atoms with E-state index in [-0.39, 0.29) is 0 Å². The van der Waals surface area contributed by atoms with Crippen molar-refractivity contribution in [2.24, 2.45) is 5.73 Å². The van der Waals surface area contributed by atoms with Crippen LogP contribution in [-0.2, 0) is 6.54 Å². The van der Waals surface area contributed by atoms with Crippen LogP contribution in [0.5, 0.6) is 0 Å². The van der Waals surface area contributed by atoms with Gasteiger partial charge in [-0.15, -0.1) is 0 Å². The highest BCUT2D eigenvalue weighted by atomic mass is 15.3. The smallest absolute Gasteiger partial charge is 0.0946 e. The number of fused-ring (bicyclic) bond motifs is 2. The minimum Gasteiger partial charge on any atom is -0.336 e. The van der Waals surface area contributed by atoms with Crippen LogP contribution in [-0.4, -0.2) is 38.6 Å². The maximum atomic E-state index is 6.18. The third kappa shape index (κ3) is 2.31. The molecule has 3 rings (SSSR count). The Balaban J connectivity index is 1.70. The largest absolute Gasteiger partial charge is 0.336 e. The minimum atomic E-state index is 0.428. The van der Waals surface area contributed by atoms with Gasteiger partial charge in [-0.1, -0.05) is 6.42 Å². The highest BCUT2D eigenvalue weighted by Crippen LogP contribution is 2.35. The van der Waals surface area contributed by atoms with Gasteiger partial charge in [-0.3, -0.25) is 4.90 Å². The Morgan fingerprint density at radius 2 is 2.06 bits per heavy atom. The van der Waals surface area contributed by atoms with E-state index < -0.39 is 0 Å². The summed E-state index contributed by atoms with van der Waals surface area (Å²) in [5.41, 5.74) is 6.18. The van der Waals surface area contributed by atoms with Crippen LogP contribution in [0.25, 0.3) is 0 Å². The number of piperidine rings is 2. The second-order valence-electron chi connectivity index (χ2n) is 6.03. The Morgan fingerprint density at radius 1 is 1.33 bits per heavy atom. The summed E-state index contributed by atoms with van der Waals surface area (Å²) >= 11 is 0. The first-order valence-corrected chi connectivity index (χ1v) is 7.23. The van der Waals surface area contributed by atoms with E-state index >= 15 is 0 Å². The fourth-order valence-corrected chi connectivity index (χ4v) is 3.97. The lowest BCUT2D eigenvalue weighted by Gasteiger charge is -2.51. The summed E-state index contributed by atoms with van der Waals surface area (Å²) in [7, 11) is 0. The Morgan fingerprint density at radius 3 is 2.67 bits per heavy atom. The van der Waals surface area contributed by atoms with Gasteiger partial charge < -0.3 is 10.3 Å². The van der Waals surface area contributed by atoms with Gasteiger partial charge in [-0.05, 0) is 32.6 Å². The van der Waals surface area contributed by atoms with E-state index in [9.17, 15) is 0 Å². The van der Waals surface area contributed by atoms with Crippen molar-refractivity contribution in [1.29, 1.82) is 0 Å². The van der Waals surface area contributed by atoms with E-state index in [2.05, 4.69) is 27.6 Å². The number of rotatable bonds is 3. The molecule has 1 aromatic rings. The molecule has 2 bridgehead atoms. The Bertz CT molecular complexity index is 361. The number of hydrogen-bond donors (Lipinski definition) is 1. The zero-order chi connectivity index (χ0) is 12.5. The van der Waals surface area contributed by atoms with Crippen molar-refractivity contribution in [2.75, 3.05) is 0 Å². The molecule has 100 valence electrons. The van der Waals surface area contributed by atoms with Gasteiger partial charge in [0.15, 0.2) is 0 Å². The lowest BCUT2D eigenvalue weighted by Crippen LogP contribution is -2.58. The molecule has 0 spiro atoms. The molecule has 2 aliphatic rings. The first-order chi connectivity index (χ1) is 8.74. The van der Waals surface area contributed by atoms with Crippen LogP contribution in [0.3, 0.4) is 0 Å². The van der Waals surface area contributed by atoms with E-state index in [1.807, 2.05) is 12.5 Å². The fourth-order valence-electron chi connectivity index (χ4n) is 3.97. The second kappa shape index (κ2) is 5.02. The molecule has 0 aromatic carbocycles. The van der Waals surface area contributed by atoms with E-state index in [4.69, 9.17) is 5.73 Å². The maximum absolute atomic E-state index is 6.18. The molecule has 4 nitrogen and oxygen atoms in total. The predicted octanol–water partition coefficient (Wildman–Crippen LogP) is 1.62. The average Bonchev–Trinajstić information content (AvgIpc) is 2.80. The normalized spacial score (nSPS) is 34.4. The van der Waals surface area contributed by atoms with Gasteiger partial charge in [0.25, 0.3) is 0 Å². The van der Waals surface area contributed by atoms with Crippen molar-refractivity contribution in [1.82, 2.24) is 14.5 Å². The topological polar surface area (TPSA) is 47.1 Å². The second-order valence-corrected chi connectivity index (χ2v) is 6.03. The van der Waals surface area contributed by atoms with Crippen molar-refractivity contribution >= 4 is 0 Å². The predicted molar refractivity (Wildman–Crippen MR) is 72.2 cm³/mol. The van der Waals surface area contributed by atoms with Gasteiger partial charge in [0, 0.05) is 43.1 Å². The Hall–Kier alpha value is -0.870. The highest BCUT2D eigenvalue weighted by molar-refractivity contribution is 4.96. The van der Waals surface area contributed by atoms with E-state index in [0.29, 0.717) is 24.2 Å². The number of hydrogen-bond acceptors (Lipinski definition) is 3. The van der Waals surface area contributed by atoms with E-state index in [0.717, 1.165) is 6.54 Å². The zero-order valence-electron chi connectivity index (χ0n) is 11.2. The summed E-state index contributed by atoms with van der Waals surface area (Å²) in [5.74, 6) is 0. The maximum Gasteiger partial charge on any atom is 0.0946 e. The summed E-state index contributed by atoms with van der Waals surface area (Å²) in [5, 5.41) is 0. The molecule has 0 aliphatic carbocycles. The molecular formula is C14H24N4. The summed E-state index contributed by atoms with van der Waals surface area (Å²) in [6.45, 7) is 3.39. The van der Waals surface area contributed by atoms with Crippen molar-refractivity contribution in [3.63, 3.8) is 0 Å². The zero-order valence-corrected chi connectivity index (χ0v) is 11.2. The average molecular weight is 248 g/mol. The van der Waals surface area contributed by atoms with Crippen molar-refractivity contribution in [2.45, 2.75) is 69.7 Å². The van der Waals surface area contributed by atoms with Crippen molar-refractivity contribution in [3.05, 3.63) is 18.7 Å². The standard InChI is InChI=1S/C14H24N4/c1-11(9-17-6-5-16-10-17)18-13-3-2-4-14(18)8-12(15)7-13/h5-6,10-14H,2-4,7-9,15H2,1H3. The van der Waals surface area contributed by atoms with Gasteiger partial charge in [0.1, 0.15) is 0 Å². The summed E-state index contributed by atoms with van der Waals surface area (Å²) < 4.78 is 2.19. The quantitative estimate of drug-likeness (QED) is 0.884. The van der Waals surface area contributed by atoms with Crippen LogP contribution in [0, 0.1) is 0 Å². The van der Waals surface area contributed by atoms with Gasteiger partial charge in [0.05, 0.1) is 6.33 Å². The summed E-state index contributed by atoms with van der Waals surface area (Å²) in [6.07, 6.45) is 12.3. The van der Waals surface area contributed by atoms with E-state index in [1.54, 1.807) is 0 Å². The SMILES string of the molecule is CC(Cn1ccnc1)N1C2CCCC1CC(N)C2. The number of nitrogens with two attached hydrogens (primary N) is 1.